The second-order valence-electron chi connectivity index (χ2n) is 4.58. The molecule has 0 aliphatic rings. The van der Waals surface area contributed by atoms with Crippen molar-refractivity contribution in [2.75, 3.05) is 12.0 Å². The monoisotopic (exact) mass is 297 g/mol. The van der Waals surface area contributed by atoms with Gasteiger partial charge in [-0.2, -0.15) is 0 Å². The van der Waals surface area contributed by atoms with E-state index in [-0.39, 0.29) is 6.61 Å². The molecule has 0 saturated carbocycles. The summed E-state index contributed by atoms with van der Waals surface area (Å²) in [5, 5.41) is 2.66. The largest absolute Gasteiger partial charge is 0.445 e. The smallest absolute Gasteiger partial charge is 0.407 e. The Bertz CT molecular complexity index is 627. The van der Waals surface area contributed by atoms with Crippen LogP contribution in [0.3, 0.4) is 0 Å². The predicted molar refractivity (Wildman–Crippen MR) is 87.9 cm³/mol. The Hall–Kier alpha value is -2.79. The first-order valence-electron chi connectivity index (χ1n) is 6.96. The Morgan fingerprint density at radius 1 is 1.09 bits per heavy atom. The Balaban J connectivity index is 1.73. The molecule has 0 aliphatic carbocycles. The molecule has 0 aromatic heterocycles. The zero-order chi connectivity index (χ0) is 15.6. The van der Waals surface area contributed by atoms with Gasteiger partial charge in [-0.3, -0.25) is 5.84 Å². The lowest BCUT2D eigenvalue weighted by Gasteiger charge is -2.06. The lowest BCUT2D eigenvalue weighted by Crippen LogP contribution is -2.24. The summed E-state index contributed by atoms with van der Waals surface area (Å²) in [7, 11) is 0. The number of nitrogens with one attached hydrogen (secondary N) is 2. The highest BCUT2D eigenvalue weighted by atomic mass is 16.5. The van der Waals surface area contributed by atoms with Gasteiger partial charge in [-0.25, -0.2) is 4.79 Å². The molecule has 114 valence electrons. The summed E-state index contributed by atoms with van der Waals surface area (Å²) in [6.45, 7) is 0.642. The van der Waals surface area contributed by atoms with E-state index >= 15 is 0 Å². The van der Waals surface area contributed by atoms with E-state index in [0.717, 1.165) is 16.8 Å². The van der Waals surface area contributed by atoms with Gasteiger partial charge in [0, 0.05) is 6.54 Å². The molecule has 22 heavy (non-hydrogen) atoms. The third-order valence-corrected chi connectivity index (χ3v) is 2.99. The molecule has 0 bridgehead atoms. The zero-order valence-corrected chi connectivity index (χ0v) is 12.2. The third kappa shape index (κ3) is 4.96. The predicted octanol–water partition coefficient (Wildman–Crippen LogP) is 2.91. The maximum Gasteiger partial charge on any atom is 0.407 e. The number of ether oxygens (including phenoxy) is 1. The molecule has 0 atom stereocenters. The first kappa shape index (κ1) is 15.6. The average Bonchev–Trinajstić information content (AvgIpc) is 2.58. The van der Waals surface area contributed by atoms with E-state index in [9.17, 15) is 4.79 Å². The van der Waals surface area contributed by atoms with Crippen LogP contribution in [0, 0.1) is 0 Å². The van der Waals surface area contributed by atoms with Crippen LogP contribution in [-0.2, 0) is 11.3 Å². The minimum atomic E-state index is -0.446. The number of hydrazine groups is 1. The van der Waals surface area contributed by atoms with Crippen molar-refractivity contribution in [3.8, 4) is 0 Å². The Morgan fingerprint density at radius 2 is 1.82 bits per heavy atom. The average molecular weight is 297 g/mol. The molecule has 2 rings (SSSR count). The fourth-order valence-corrected chi connectivity index (χ4v) is 1.88. The molecule has 0 saturated heterocycles. The van der Waals surface area contributed by atoms with Crippen molar-refractivity contribution in [3.05, 3.63) is 71.8 Å². The SMILES string of the molecule is NNc1ccccc1C=CCNC(=O)OCc1ccccc1. The van der Waals surface area contributed by atoms with Gasteiger partial charge in [-0.05, 0) is 17.2 Å². The molecule has 5 heteroatoms. The van der Waals surface area contributed by atoms with E-state index in [1.807, 2.05) is 66.7 Å². The van der Waals surface area contributed by atoms with Crippen molar-refractivity contribution in [1.82, 2.24) is 5.32 Å². The van der Waals surface area contributed by atoms with Crippen LogP contribution in [0.4, 0.5) is 10.5 Å². The van der Waals surface area contributed by atoms with Gasteiger partial charge in [0.05, 0.1) is 5.69 Å². The molecule has 1 amide bonds. The second-order valence-corrected chi connectivity index (χ2v) is 4.58. The zero-order valence-electron chi connectivity index (χ0n) is 12.2. The van der Waals surface area contributed by atoms with E-state index in [1.54, 1.807) is 0 Å². The standard InChI is InChI=1S/C17H19N3O2/c18-20-16-11-5-4-9-15(16)10-6-12-19-17(21)22-13-14-7-2-1-3-8-14/h1-11,20H,12-13,18H2,(H,19,21). The second kappa shape index (κ2) is 8.49. The van der Waals surface area contributed by atoms with Crippen molar-refractivity contribution in [3.63, 3.8) is 0 Å². The lowest BCUT2D eigenvalue weighted by atomic mass is 10.1. The van der Waals surface area contributed by atoms with Crippen LogP contribution in [0.5, 0.6) is 0 Å². The number of nitrogen functional groups attached to an aromatic ring is 1. The molecule has 0 unspecified atom stereocenters. The number of alkyl carbamates (subject to hydrolysis) is 1. The quantitative estimate of drug-likeness (QED) is 0.566. The van der Waals surface area contributed by atoms with Gasteiger partial charge in [0.1, 0.15) is 6.61 Å². The van der Waals surface area contributed by atoms with Crippen molar-refractivity contribution in [2.45, 2.75) is 6.61 Å². The van der Waals surface area contributed by atoms with Gasteiger partial charge in [0.15, 0.2) is 0 Å². The van der Waals surface area contributed by atoms with Crippen LogP contribution in [0.25, 0.3) is 6.08 Å². The maximum atomic E-state index is 11.6. The van der Waals surface area contributed by atoms with E-state index in [4.69, 9.17) is 10.6 Å². The molecule has 0 aliphatic heterocycles. The number of carbonyl (C=O) groups excluding carboxylic acids is 1. The van der Waals surface area contributed by atoms with E-state index in [1.165, 1.54) is 0 Å². The minimum Gasteiger partial charge on any atom is -0.445 e. The molecule has 5 nitrogen and oxygen atoms in total. The first-order valence-corrected chi connectivity index (χ1v) is 6.96. The molecule has 0 spiro atoms. The van der Waals surface area contributed by atoms with Gasteiger partial charge in [0.25, 0.3) is 0 Å². The van der Waals surface area contributed by atoms with Gasteiger partial charge < -0.3 is 15.5 Å². The fourth-order valence-electron chi connectivity index (χ4n) is 1.88. The number of para-hydroxylation sites is 1. The summed E-state index contributed by atoms with van der Waals surface area (Å²) >= 11 is 0. The molecule has 4 N–H and O–H groups in total. The summed E-state index contributed by atoms with van der Waals surface area (Å²) < 4.78 is 5.11. The van der Waals surface area contributed by atoms with Crippen LogP contribution >= 0.6 is 0 Å². The Morgan fingerprint density at radius 3 is 2.59 bits per heavy atom. The lowest BCUT2D eigenvalue weighted by molar-refractivity contribution is 0.141. The topological polar surface area (TPSA) is 76.4 Å². The summed E-state index contributed by atoms with van der Waals surface area (Å²) in [6.07, 6.45) is 3.27. The molecule has 0 heterocycles. The summed E-state index contributed by atoms with van der Waals surface area (Å²) in [5.41, 5.74) is 5.35. The number of carbonyl (C=O) groups is 1. The molecular formula is C17H19N3O2. The summed E-state index contributed by atoms with van der Waals surface area (Å²) in [6, 6.07) is 17.2. The van der Waals surface area contributed by atoms with E-state index < -0.39 is 6.09 Å². The Labute approximate surface area is 129 Å². The van der Waals surface area contributed by atoms with Crippen molar-refractivity contribution >= 4 is 17.9 Å². The number of benzene rings is 2. The van der Waals surface area contributed by atoms with Crippen LogP contribution in [0.15, 0.2) is 60.7 Å². The van der Waals surface area contributed by atoms with E-state index in [0.29, 0.717) is 6.54 Å². The maximum absolute atomic E-state index is 11.6. The van der Waals surface area contributed by atoms with Crippen molar-refractivity contribution < 1.29 is 9.53 Å². The highest BCUT2D eigenvalue weighted by molar-refractivity contribution is 5.69. The van der Waals surface area contributed by atoms with Gasteiger partial charge in [-0.15, -0.1) is 0 Å². The highest BCUT2D eigenvalue weighted by Crippen LogP contribution is 2.14. The Kier molecular flexibility index (Phi) is 6.02. The summed E-state index contributed by atoms with van der Waals surface area (Å²) in [4.78, 5) is 11.6. The number of hydrogen-bond acceptors (Lipinski definition) is 4. The van der Waals surface area contributed by atoms with Gasteiger partial charge >= 0.3 is 6.09 Å². The molecule has 0 fully saturated rings. The van der Waals surface area contributed by atoms with E-state index in [2.05, 4.69) is 10.7 Å². The van der Waals surface area contributed by atoms with Crippen LogP contribution in [-0.4, -0.2) is 12.6 Å². The normalized spacial score (nSPS) is 10.4. The van der Waals surface area contributed by atoms with Crippen molar-refractivity contribution in [2.24, 2.45) is 5.84 Å². The van der Waals surface area contributed by atoms with Gasteiger partial charge in [-0.1, -0.05) is 60.7 Å². The third-order valence-electron chi connectivity index (χ3n) is 2.99. The van der Waals surface area contributed by atoms with Crippen LogP contribution < -0.4 is 16.6 Å². The van der Waals surface area contributed by atoms with Crippen molar-refractivity contribution in [1.29, 1.82) is 0 Å². The van der Waals surface area contributed by atoms with Crippen LogP contribution in [0.2, 0.25) is 0 Å². The number of amides is 1. The number of anilines is 1. The summed E-state index contributed by atoms with van der Waals surface area (Å²) in [5.74, 6) is 5.42. The minimum absolute atomic E-state index is 0.260. The number of nitrogens with two attached hydrogens (primary N) is 1. The molecular weight excluding hydrogens is 278 g/mol. The molecule has 2 aromatic carbocycles. The van der Waals surface area contributed by atoms with Gasteiger partial charge in [0.2, 0.25) is 0 Å². The number of hydrogen-bond donors (Lipinski definition) is 3. The molecule has 2 aromatic rings. The highest BCUT2D eigenvalue weighted by Gasteiger charge is 2.00. The number of rotatable bonds is 6. The fraction of sp³-hybridized carbons (Fsp3) is 0.118. The van der Waals surface area contributed by atoms with Crippen LogP contribution in [0.1, 0.15) is 11.1 Å². The first-order chi connectivity index (χ1) is 10.8. The molecule has 0 radical (unpaired) electrons.